The first kappa shape index (κ1) is 15.5. The van der Waals surface area contributed by atoms with Crippen LogP contribution in [-0.2, 0) is 10.2 Å². The summed E-state index contributed by atoms with van der Waals surface area (Å²) in [6.45, 7) is 2.04. The van der Waals surface area contributed by atoms with Gasteiger partial charge in [0.25, 0.3) is 0 Å². The SMILES string of the molecule is COc1ccc(C)c2c1NC(=O)C2(c1ccccc1)c1ccccc1. The van der Waals surface area contributed by atoms with Crippen LogP contribution in [0.2, 0.25) is 0 Å². The predicted octanol–water partition coefficient (Wildman–Crippen LogP) is 4.29. The zero-order valence-corrected chi connectivity index (χ0v) is 14.2. The van der Waals surface area contributed by atoms with Crippen LogP contribution in [-0.4, -0.2) is 13.0 Å². The van der Waals surface area contributed by atoms with Gasteiger partial charge in [-0.2, -0.15) is 0 Å². The fourth-order valence-electron chi connectivity index (χ4n) is 3.88. The molecule has 0 atom stereocenters. The van der Waals surface area contributed by atoms with Gasteiger partial charge in [0.1, 0.15) is 11.2 Å². The third-order valence-corrected chi connectivity index (χ3v) is 4.96. The van der Waals surface area contributed by atoms with Crippen molar-refractivity contribution in [3.05, 3.63) is 95.1 Å². The lowest BCUT2D eigenvalue weighted by molar-refractivity contribution is -0.118. The molecule has 0 aromatic heterocycles. The van der Waals surface area contributed by atoms with Crippen LogP contribution in [0.1, 0.15) is 22.3 Å². The van der Waals surface area contributed by atoms with Crippen molar-refractivity contribution in [1.29, 1.82) is 0 Å². The molecule has 0 fully saturated rings. The first-order valence-corrected chi connectivity index (χ1v) is 8.30. The van der Waals surface area contributed by atoms with Crippen molar-refractivity contribution in [3.63, 3.8) is 0 Å². The van der Waals surface area contributed by atoms with Crippen LogP contribution < -0.4 is 10.1 Å². The van der Waals surface area contributed by atoms with Crippen molar-refractivity contribution in [2.75, 3.05) is 12.4 Å². The van der Waals surface area contributed by atoms with Crippen LogP contribution in [0.3, 0.4) is 0 Å². The fourth-order valence-corrected chi connectivity index (χ4v) is 3.88. The Morgan fingerprint density at radius 2 is 1.40 bits per heavy atom. The van der Waals surface area contributed by atoms with Crippen molar-refractivity contribution in [1.82, 2.24) is 0 Å². The van der Waals surface area contributed by atoms with Gasteiger partial charge in [0.15, 0.2) is 0 Å². The number of anilines is 1. The Hall–Kier alpha value is -3.07. The number of nitrogens with one attached hydrogen (secondary N) is 1. The summed E-state index contributed by atoms with van der Waals surface area (Å²) in [5.41, 5.74) is 3.81. The molecule has 0 saturated heterocycles. The monoisotopic (exact) mass is 329 g/mol. The van der Waals surface area contributed by atoms with Gasteiger partial charge >= 0.3 is 0 Å². The summed E-state index contributed by atoms with van der Waals surface area (Å²) < 4.78 is 5.51. The number of fused-ring (bicyclic) bond motifs is 1. The van der Waals surface area contributed by atoms with Gasteiger partial charge in [0.2, 0.25) is 5.91 Å². The van der Waals surface area contributed by atoms with Crippen LogP contribution in [0.15, 0.2) is 72.8 Å². The highest BCUT2D eigenvalue weighted by atomic mass is 16.5. The quantitative estimate of drug-likeness (QED) is 0.778. The Kier molecular flexibility index (Phi) is 3.57. The molecule has 0 radical (unpaired) electrons. The summed E-state index contributed by atoms with van der Waals surface area (Å²) in [6.07, 6.45) is 0. The maximum Gasteiger partial charge on any atom is 0.244 e. The molecule has 3 heteroatoms. The highest BCUT2D eigenvalue weighted by Crippen LogP contribution is 2.51. The minimum Gasteiger partial charge on any atom is -0.495 e. The zero-order valence-electron chi connectivity index (χ0n) is 14.2. The number of hydrogen-bond donors (Lipinski definition) is 1. The maximum absolute atomic E-state index is 13.4. The second kappa shape index (κ2) is 5.78. The Balaban J connectivity index is 2.14. The summed E-state index contributed by atoms with van der Waals surface area (Å²) in [6, 6.07) is 23.8. The van der Waals surface area contributed by atoms with Crippen LogP contribution in [0.5, 0.6) is 5.75 Å². The highest BCUT2D eigenvalue weighted by Gasteiger charge is 2.51. The summed E-state index contributed by atoms with van der Waals surface area (Å²) in [4.78, 5) is 13.4. The molecule has 0 bridgehead atoms. The van der Waals surface area contributed by atoms with E-state index in [1.165, 1.54) is 0 Å². The minimum atomic E-state index is -0.878. The van der Waals surface area contributed by atoms with E-state index in [1.807, 2.05) is 79.7 Å². The largest absolute Gasteiger partial charge is 0.495 e. The van der Waals surface area contributed by atoms with Crippen molar-refractivity contribution in [2.24, 2.45) is 0 Å². The lowest BCUT2D eigenvalue weighted by atomic mass is 9.69. The average Bonchev–Trinajstić information content (AvgIpc) is 2.98. The first-order chi connectivity index (χ1) is 12.2. The van der Waals surface area contributed by atoms with Crippen molar-refractivity contribution in [3.8, 4) is 5.75 Å². The molecule has 1 N–H and O–H groups in total. The molecular formula is C22H19NO2. The van der Waals surface area contributed by atoms with Crippen molar-refractivity contribution >= 4 is 11.6 Å². The smallest absolute Gasteiger partial charge is 0.244 e. The molecule has 3 aromatic carbocycles. The van der Waals surface area contributed by atoms with Crippen LogP contribution in [0, 0.1) is 6.92 Å². The van der Waals surface area contributed by atoms with Crippen molar-refractivity contribution in [2.45, 2.75) is 12.3 Å². The topological polar surface area (TPSA) is 38.3 Å². The van der Waals surface area contributed by atoms with Gasteiger partial charge in [-0.25, -0.2) is 0 Å². The average molecular weight is 329 g/mol. The highest BCUT2D eigenvalue weighted by molar-refractivity contribution is 6.13. The molecule has 0 unspecified atom stereocenters. The molecule has 4 rings (SSSR count). The number of hydrogen-bond acceptors (Lipinski definition) is 2. The third-order valence-electron chi connectivity index (χ3n) is 4.96. The normalized spacial score (nSPS) is 14.7. The lowest BCUT2D eigenvalue weighted by Crippen LogP contribution is -2.37. The Bertz CT molecular complexity index is 894. The van der Waals surface area contributed by atoms with E-state index in [0.717, 1.165) is 27.9 Å². The Morgan fingerprint density at radius 3 is 1.92 bits per heavy atom. The second-order valence-corrected chi connectivity index (χ2v) is 6.27. The van der Waals surface area contributed by atoms with Crippen LogP contribution in [0.4, 0.5) is 5.69 Å². The number of carbonyl (C=O) groups is 1. The van der Waals surface area contributed by atoms with Crippen molar-refractivity contribution < 1.29 is 9.53 Å². The van der Waals surface area contributed by atoms with Gasteiger partial charge in [-0.05, 0) is 29.7 Å². The summed E-state index contributed by atoms with van der Waals surface area (Å²) in [7, 11) is 1.63. The molecule has 1 aliphatic heterocycles. The molecular weight excluding hydrogens is 310 g/mol. The molecule has 25 heavy (non-hydrogen) atoms. The number of ether oxygens (including phenoxy) is 1. The van der Waals surface area contributed by atoms with Crippen LogP contribution >= 0.6 is 0 Å². The standard InChI is InChI=1S/C22H19NO2/c1-15-13-14-18(25-2)20-19(15)22(21(24)23-20,16-9-5-3-6-10-16)17-11-7-4-8-12-17/h3-14H,1-2H3,(H,23,24). The third kappa shape index (κ3) is 2.09. The number of carbonyl (C=O) groups excluding carboxylic acids is 1. The molecule has 1 aliphatic rings. The number of aryl methyl sites for hydroxylation is 1. The van der Waals surface area contributed by atoms with Crippen LogP contribution in [0.25, 0.3) is 0 Å². The Morgan fingerprint density at radius 1 is 0.840 bits per heavy atom. The number of amides is 1. The summed E-state index contributed by atoms with van der Waals surface area (Å²) in [5.74, 6) is 0.634. The molecule has 3 nitrogen and oxygen atoms in total. The summed E-state index contributed by atoms with van der Waals surface area (Å²) >= 11 is 0. The van der Waals surface area contributed by atoms with E-state index in [4.69, 9.17) is 4.74 Å². The predicted molar refractivity (Wildman–Crippen MR) is 99.1 cm³/mol. The summed E-state index contributed by atoms with van der Waals surface area (Å²) in [5, 5.41) is 3.08. The molecule has 1 heterocycles. The molecule has 0 spiro atoms. The number of methoxy groups -OCH3 is 1. The second-order valence-electron chi connectivity index (χ2n) is 6.27. The Labute approximate surface area is 147 Å². The van der Waals surface area contributed by atoms with Gasteiger partial charge in [-0.1, -0.05) is 66.7 Å². The van der Waals surface area contributed by atoms with E-state index in [1.54, 1.807) is 7.11 Å². The number of benzene rings is 3. The molecule has 0 aliphatic carbocycles. The van der Waals surface area contributed by atoms with E-state index in [-0.39, 0.29) is 5.91 Å². The zero-order chi connectivity index (χ0) is 17.4. The number of rotatable bonds is 3. The lowest BCUT2D eigenvalue weighted by Gasteiger charge is -2.30. The molecule has 124 valence electrons. The van der Waals surface area contributed by atoms with Gasteiger partial charge in [-0.3, -0.25) is 4.79 Å². The van der Waals surface area contributed by atoms with Gasteiger partial charge in [0.05, 0.1) is 12.8 Å². The fraction of sp³-hybridized carbons (Fsp3) is 0.136. The maximum atomic E-state index is 13.4. The van der Waals surface area contributed by atoms with E-state index >= 15 is 0 Å². The molecule has 1 amide bonds. The van der Waals surface area contributed by atoms with E-state index in [2.05, 4.69) is 5.32 Å². The molecule has 0 saturated carbocycles. The van der Waals surface area contributed by atoms with E-state index in [9.17, 15) is 4.79 Å². The van der Waals surface area contributed by atoms with Gasteiger partial charge in [0, 0.05) is 5.56 Å². The first-order valence-electron chi connectivity index (χ1n) is 8.30. The van der Waals surface area contributed by atoms with Gasteiger partial charge < -0.3 is 10.1 Å². The van der Waals surface area contributed by atoms with Gasteiger partial charge in [-0.15, -0.1) is 0 Å². The van der Waals surface area contributed by atoms with E-state index < -0.39 is 5.41 Å². The van der Waals surface area contributed by atoms with E-state index in [0.29, 0.717) is 5.75 Å². The molecule has 3 aromatic rings. The minimum absolute atomic E-state index is 0.0486.